The molecule has 0 unspecified atom stereocenters. The second-order valence-electron chi connectivity index (χ2n) is 20.0. The molecule has 1 aliphatic rings. The van der Waals surface area contributed by atoms with Crippen LogP contribution in [0.2, 0.25) is 0 Å². The second kappa shape index (κ2) is 25.0. The predicted molar refractivity (Wildman–Crippen MR) is 302 cm³/mol. The number of amides is 2. The summed E-state index contributed by atoms with van der Waals surface area (Å²) in [6.45, 7) is 8.16. The molecule has 0 bridgehead atoms. The summed E-state index contributed by atoms with van der Waals surface area (Å²) in [5, 5.41) is 41.7. The number of aliphatic hydroxyl groups is 1. The van der Waals surface area contributed by atoms with Crippen molar-refractivity contribution in [2.75, 3.05) is 65.3 Å². The number of ether oxygens (including phenoxy) is 1. The van der Waals surface area contributed by atoms with Gasteiger partial charge in [0, 0.05) is 105 Å². The third-order valence-electron chi connectivity index (χ3n) is 13.5. The number of nitrogens with one attached hydrogen (secondary N) is 7. The zero-order valence-corrected chi connectivity index (χ0v) is 46.0. The third-order valence-corrected chi connectivity index (χ3v) is 13.5. The number of aliphatic hydroxyl groups excluding tert-OH is 1. The van der Waals surface area contributed by atoms with E-state index in [1.54, 1.807) is 80.3 Å². The minimum atomic E-state index is -4.79. The van der Waals surface area contributed by atoms with Gasteiger partial charge in [0.05, 0.1) is 28.6 Å². The molecular formula is C57H60F6N16O4. The maximum atomic E-state index is 14.3. The number of hydrogen-bond donors (Lipinski definition) is 8. The third kappa shape index (κ3) is 14.7. The van der Waals surface area contributed by atoms with E-state index in [2.05, 4.69) is 67.4 Å². The van der Waals surface area contributed by atoms with Crippen LogP contribution >= 0.6 is 0 Å². The van der Waals surface area contributed by atoms with Crippen molar-refractivity contribution >= 4 is 57.8 Å². The molecule has 2 atom stereocenters. The summed E-state index contributed by atoms with van der Waals surface area (Å²) in [6.07, 6.45) is -6.30. The lowest BCUT2D eigenvalue weighted by atomic mass is 10.0. The maximum absolute atomic E-state index is 14.3. The molecule has 20 nitrogen and oxygen atoms in total. The van der Waals surface area contributed by atoms with Crippen LogP contribution in [0, 0.1) is 27.7 Å². The van der Waals surface area contributed by atoms with Gasteiger partial charge in [-0.1, -0.05) is 12.1 Å². The topological polar surface area (TPSA) is 238 Å². The van der Waals surface area contributed by atoms with E-state index < -0.39 is 41.5 Å². The van der Waals surface area contributed by atoms with Crippen molar-refractivity contribution in [3.63, 3.8) is 0 Å². The van der Waals surface area contributed by atoms with Crippen molar-refractivity contribution in [1.29, 1.82) is 0 Å². The highest BCUT2D eigenvalue weighted by Crippen LogP contribution is 2.34. The lowest BCUT2D eigenvalue weighted by molar-refractivity contribution is -0.138. The number of aromatic nitrogens is 8. The maximum Gasteiger partial charge on any atom is 0.416 e. The predicted octanol–water partition coefficient (Wildman–Crippen LogP) is 9.76. The molecule has 9 rings (SSSR count). The van der Waals surface area contributed by atoms with Crippen LogP contribution < -0.4 is 42.1 Å². The van der Waals surface area contributed by atoms with Crippen LogP contribution in [0.25, 0.3) is 11.6 Å². The van der Waals surface area contributed by atoms with E-state index in [9.17, 15) is 41.0 Å². The number of carbonyl (C=O) groups is 2. The number of nitrogens with zero attached hydrogens (tertiary/aromatic N) is 9. The SMILES string of the molecule is CNc1cc(-n2nc(C)cc2Nc2cc(NC(=O)c3cc(CNC[C@H](O)N(C)c4cc(-n5nc(C)cc5Nc5cc(NC(=O)c6cc(CNC[C@@H]7CCCO7)cc(C(F)(F)F)c6)ccc5C)ncn4)cc(C(F)(F)F)c3)ccc2C)ncn1. The van der Waals surface area contributed by atoms with Crippen molar-refractivity contribution < 1.29 is 45.8 Å². The summed E-state index contributed by atoms with van der Waals surface area (Å²) < 4.78 is 93.7. The summed E-state index contributed by atoms with van der Waals surface area (Å²) in [5.41, 5.74) is 2.59. The van der Waals surface area contributed by atoms with Gasteiger partial charge in [0.15, 0.2) is 11.6 Å². The summed E-state index contributed by atoms with van der Waals surface area (Å²) in [6, 6.07) is 23.2. The van der Waals surface area contributed by atoms with Crippen LogP contribution in [0.4, 0.5) is 72.4 Å². The number of aryl methyl sites for hydroxylation is 4. The quantitative estimate of drug-likeness (QED) is 0.0247. The summed E-state index contributed by atoms with van der Waals surface area (Å²) in [5.74, 6) is 1.07. The fourth-order valence-corrected chi connectivity index (χ4v) is 9.12. The first-order valence-electron chi connectivity index (χ1n) is 26.3. The van der Waals surface area contributed by atoms with Crippen LogP contribution in [-0.2, 0) is 30.2 Å². The molecule has 5 heterocycles. The lowest BCUT2D eigenvalue weighted by Crippen LogP contribution is -2.40. The minimum absolute atomic E-state index is 0.0169. The number of rotatable bonds is 21. The Bertz CT molecular complexity index is 3640. The van der Waals surface area contributed by atoms with Crippen molar-refractivity contribution in [2.45, 2.75) is 78.3 Å². The van der Waals surface area contributed by atoms with Gasteiger partial charge in [0.25, 0.3) is 11.8 Å². The van der Waals surface area contributed by atoms with E-state index in [4.69, 9.17) is 4.74 Å². The van der Waals surface area contributed by atoms with E-state index in [1.807, 2.05) is 26.8 Å². The number of halogens is 6. The number of benzene rings is 4. The Kier molecular flexibility index (Phi) is 17.7. The molecule has 8 N–H and O–H groups in total. The second-order valence-corrected chi connectivity index (χ2v) is 20.0. The van der Waals surface area contributed by atoms with Crippen molar-refractivity contribution in [3.8, 4) is 11.6 Å². The van der Waals surface area contributed by atoms with E-state index in [0.29, 0.717) is 76.1 Å². The van der Waals surface area contributed by atoms with E-state index in [-0.39, 0.29) is 54.1 Å². The Balaban J connectivity index is 0.838. The highest BCUT2D eigenvalue weighted by atomic mass is 19.4. The van der Waals surface area contributed by atoms with E-state index in [1.165, 1.54) is 34.4 Å². The van der Waals surface area contributed by atoms with Gasteiger partial charge < -0.3 is 52.0 Å². The summed E-state index contributed by atoms with van der Waals surface area (Å²) >= 11 is 0. The molecule has 434 valence electrons. The number of hydrogen-bond acceptors (Lipinski definition) is 16. The first kappa shape index (κ1) is 58.7. The number of likely N-dealkylation sites (N-methyl/N-ethyl adjacent to an activating group) is 1. The molecule has 1 saturated heterocycles. The van der Waals surface area contributed by atoms with Gasteiger partial charge in [-0.3, -0.25) is 9.59 Å². The molecule has 0 saturated carbocycles. The highest BCUT2D eigenvalue weighted by molar-refractivity contribution is 6.05. The molecule has 1 aliphatic heterocycles. The van der Waals surface area contributed by atoms with E-state index in [0.717, 1.165) is 48.2 Å². The Labute approximate surface area is 473 Å². The smallest absolute Gasteiger partial charge is 0.377 e. The Morgan fingerprint density at radius 1 is 0.675 bits per heavy atom. The summed E-state index contributed by atoms with van der Waals surface area (Å²) in [7, 11) is 3.29. The Morgan fingerprint density at radius 3 is 1.70 bits per heavy atom. The minimum Gasteiger partial charge on any atom is -0.377 e. The number of carbonyl (C=O) groups excluding carboxylic acids is 2. The normalized spacial score (nSPS) is 13.9. The molecular weight excluding hydrogens is 1090 g/mol. The molecule has 0 radical (unpaired) electrons. The Hall–Kier alpha value is -8.98. The molecule has 83 heavy (non-hydrogen) atoms. The van der Waals surface area contributed by atoms with Gasteiger partial charge in [0.2, 0.25) is 0 Å². The average Bonchev–Trinajstić information content (AvgIpc) is 4.30. The fraction of sp³-hybridized carbons (Fsp3) is 0.298. The Morgan fingerprint density at radius 2 is 1.19 bits per heavy atom. The van der Waals surface area contributed by atoms with Crippen LogP contribution in [0.1, 0.15) is 78.3 Å². The molecule has 4 aromatic heterocycles. The molecule has 26 heteroatoms. The molecule has 2 amide bonds. The first-order valence-corrected chi connectivity index (χ1v) is 26.3. The van der Waals surface area contributed by atoms with Crippen LogP contribution in [-0.4, -0.2) is 103 Å². The lowest BCUT2D eigenvalue weighted by Gasteiger charge is -2.25. The molecule has 8 aromatic rings. The zero-order valence-electron chi connectivity index (χ0n) is 46.0. The van der Waals surface area contributed by atoms with Gasteiger partial charge in [-0.05, 0) is 123 Å². The summed E-state index contributed by atoms with van der Waals surface area (Å²) in [4.78, 5) is 45.9. The van der Waals surface area contributed by atoms with Gasteiger partial charge in [-0.2, -0.15) is 45.9 Å². The molecule has 0 spiro atoms. The zero-order chi connectivity index (χ0) is 59.2. The van der Waals surface area contributed by atoms with Gasteiger partial charge in [-0.15, -0.1) is 0 Å². The van der Waals surface area contributed by atoms with Gasteiger partial charge in [0.1, 0.15) is 42.2 Å². The number of anilines is 8. The van der Waals surface area contributed by atoms with E-state index >= 15 is 0 Å². The average molecular weight is 1150 g/mol. The van der Waals surface area contributed by atoms with Crippen molar-refractivity contribution in [3.05, 3.63) is 166 Å². The van der Waals surface area contributed by atoms with Gasteiger partial charge in [-0.25, -0.2) is 19.9 Å². The standard InChI is InChI=1S/C57H60F6N16O4/c1-32-9-11-42(22-45(32)73-51-14-34(3)75-78(51)49-24-47(64-5)67-30-69-49)72-55(82)39-17-37(19-41(21-39)57(61,62)63)27-66-29-53(80)77(6)48-25-50(70-31-68-48)79-52(15-35(4)76-79)74-46-23-43(12-10-33(46)2)71-54(81)38-16-36(18-40(20-38)56(58,59)60)26-65-28-44-8-7-13-83-44/h9-12,14-25,30-31,44,53,65-66,73-74,80H,7-8,13,26-29H2,1-6H3,(H,71,81)(H,72,82)(H,64,67,69)/t44-,53-/m0/s1. The highest BCUT2D eigenvalue weighted by Gasteiger charge is 2.33. The van der Waals surface area contributed by atoms with Crippen molar-refractivity contribution in [1.82, 2.24) is 50.1 Å². The number of alkyl halides is 6. The van der Waals surface area contributed by atoms with Crippen LogP contribution in [0.5, 0.6) is 0 Å². The van der Waals surface area contributed by atoms with Crippen molar-refractivity contribution in [2.24, 2.45) is 0 Å². The fourth-order valence-electron chi connectivity index (χ4n) is 9.12. The first-order chi connectivity index (χ1) is 39.6. The molecule has 4 aromatic carbocycles. The van der Waals surface area contributed by atoms with Gasteiger partial charge >= 0.3 is 12.4 Å². The largest absolute Gasteiger partial charge is 0.416 e. The monoisotopic (exact) mass is 1150 g/mol. The molecule has 1 fully saturated rings. The molecule has 0 aliphatic carbocycles. The van der Waals surface area contributed by atoms with Crippen LogP contribution in [0.15, 0.2) is 110 Å². The van der Waals surface area contributed by atoms with Crippen LogP contribution in [0.3, 0.4) is 0 Å².